The standard InChI is InChI=1S/C16H16O7/c1-8(17)12(9(2)18)5-10-4-11-6-15(23-16(19)20)22-14(11)7-13(10)21-3/h4-5,7,15H,6H2,1-3H3,(H,19,20). The molecule has 122 valence electrons. The highest BCUT2D eigenvalue weighted by atomic mass is 16.8. The van der Waals surface area contributed by atoms with Crippen molar-refractivity contribution in [3.05, 3.63) is 28.8 Å². The van der Waals surface area contributed by atoms with Gasteiger partial charge >= 0.3 is 6.16 Å². The van der Waals surface area contributed by atoms with E-state index in [1.54, 1.807) is 12.1 Å². The van der Waals surface area contributed by atoms with Gasteiger partial charge in [0, 0.05) is 17.2 Å². The number of methoxy groups -OCH3 is 1. The summed E-state index contributed by atoms with van der Waals surface area (Å²) in [6, 6.07) is 3.26. The number of ketones is 2. The van der Waals surface area contributed by atoms with Crippen molar-refractivity contribution in [1.29, 1.82) is 0 Å². The van der Waals surface area contributed by atoms with Crippen molar-refractivity contribution < 1.29 is 33.7 Å². The summed E-state index contributed by atoms with van der Waals surface area (Å²) in [5.41, 5.74) is 1.29. The molecule has 1 aromatic rings. The highest BCUT2D eigenvalue weighted by Crippen LogP contribution is 2.36. The molecule has 0 spiro atoms. The van der Waals surface area contributed by atoms with Crippen molar-refractivity contribution in [3.8, 4) is 11.5 Å². The lowest BCUT2D eigenvalue weighted by Gasteiger charge is -2.10. The molecule has 0 aromatic heterocycles. The number of carboxylic acid groups (broad SMARTS) is 1. The molecule has 23 heavy (non-hydrogen) atoms. The van der Waals surface area contributed by atoms with Gasteiger partial charge in [0.1, 0.15) is 11.5 Å². The molecule has 0 aliphatic carbocycles. The minimum Gasteiger partial charge on any atom is -0.496 e. The number of ether oxygens (including phenoxy) is 3. The molecule has 0 radical (unpaired) electrons. The van der Waals surface area contributed by atoms with Gasteiger partial charge in [-0.05, 0) is 26.0 Å². The zero-order valence-electron chi connectivity index (χ0n) is 12.9. The average Bonchev–Trinajstić information content (AvgIpc) is 2.82. The molecule has 0 bridgehead atoms. The summed E-state index contributed by atoms with van der Waals surface area (Å²) in [6.07, 6.45) is -0.659. The Labute approximate surface area is 132 Å². The van der Waals surface area contributed by atoms with Gasteiger partial charge in [-0.1, -0.05) is 0 Å². The van der Waals surface area contributed by atoms with Crippen LogP contribution in [0.25, 0.3) is 6.08 Å². The minimum absolute atomic E-state index is 0.0560. The summed E-state index contributed by atoms with van der Waals surface area (Å²) in [6.45, 7) is 2.62. The first-order valence-electron chi connectivity index (χ1n) is 6.82. The van der Waals surface area contributed by atoms with E-state index >= 15 is 0 Å². The maximum absolute atomic E-state index is 11.6. The van der Waals surface area contributed by atoms with E-state index in [9.17, 15) is 14.4 Å². The molecule has 1 atom stereocenters. The van der Waals surface area contributed by atoms with Crippen LogP contribution in [-0.4, -0.2) is 36.2 Å². The third-order valence-corrected chi connectivity index (χ3v) is 3.35. The first-order valence-corrected chi connectivity index (χ1v) is 6.82. The molecule has 1 N–H and O–H groups in total. The quantitative estimate of drug-likeness (QED) is 0.384. The summed E-state index contributed by atoms with van der Waals surface area (Å²) < 4.78 is 15.2. The van der Waals surface area contributed by atoms with Crippen molar-refractivity contribution in [2.75, 3.05) is 7.11 Å². The molecular formula is C16H16O7. The predicted octanol–water partition coefficient (Wildman–Crippen LogP) is 2.21. The molecule has 1 aliphatic rings. The number of hydrogen-bond donors (Lipinski definition) is 1. The van der Waals surface area contributed by atoms with E-state index in [0.29, 0.717) is 22.6 Å². The average molecular weight is 320 g/mol. The smallest absolute Gasteiger partial charge is 0.496 e. The van der Waals surface area contributed by atoms with Crippen LogP contribution in [0.15, 0.2) is 17.7 Å². The molecule has 0 saturated heterocycles. The van der Waals surface area contributed by atoms with Crippen LogP contribution in [0.1, 0.15) is 25.0 Å². The fourth-order valence-corrected chi connectivity index (χ4v) is 2.33. The number of benzene rings is 1. The summed E-state index contributed by atoms with van der Waals surface area (Å²) in [5.74, 6) is 0.156. The van der Waals surface area contributed by atoms with Crippen molar-refractivity contribution in [2.24, 2.45) is 0 Å². The van der Waals surface area contributed by atoms with Gasteiger partial charge in [-0.25, -0.2) is 4.79 Å². The maximum atomic E-state index is 11.6. The topological polar surface area (TPSA) is 99.1 Å². The van der Waals surface area contributed by atoms with Crippen molar-refractivity contribution in [1.82, 2.24) is 0 Å². The Morgan fingerprint density at radius 3 is 2.43 bits per heavy atom. The van der Waals surface area contributed by atoms with Crippen LogP contribution in [0.3, 0.4) is 0 Å². The third-order valence-electron chi connectivity index (χ3n) is 3.35. The van der Waals surface area contributed by atoms with Crippen LogP contribution in [0.5, 0.6) is 11.5 Å². The van der Waals surface area contributed by atoms with Crippen LogP contribution >= 0.6 is 0 Å². The summed E-state index contributed by atoms with van der Waals surface area (Å²) in [7, 11) is 1.44. The van der Waals surface area contributed by atoms with Crippen molar-refractivity contribution in [2.45, 2.75) is 26.6 Å². The number of rotatable bonds is 5. The molecule has 7 heteroatoms. The second kappa shape index (κ2) is 6.51. The van der Waals surface area contributed by atoms with E-state index < -0.39 is 12.4 Å². The zero-order valence-corrected chi connectivity index (χ0v) is 12.9. The van der Waals surface area contributed by atoms with E-state index in [1.165, 1.54) is 27.0 Å². The second-order valence-electron chi connectivity index (χ2n) is 5.01. The zero-order chi connectivity index (χ0) is 17.1. The molecule has 2 rings (SSSR count). The van der Waals surface area contributed by atoms with E-state index in [0.717, 1.165) is 0 Å². The van der Waals surface area contributed by atoms with Crippen molar-refractivity contribution >= 4 is 23.8 Å². The molecule has 7 nitrogen and oxygen atoms in total. The van der Waals surface area contributed by atoms with Gasteiger partial charge in [0.05, 0.1) is 19.1 Å². The maximum Gasteiger partial charge on any atom is 0.508 e. The van der Waals surface area contributed by atoms with Crippen LogP contribution in [-0.2, 0) is 20.7 Å². The molecule has 0 saturated carbocycles. The lowest BCUT2D eigenvalue weighted by molar-refractivity contribution is -0.119. The molecule has 0 amide bonds. The normalized spacial score (nSPS) is 15.2. The number of carbonyl (C=O) groups is 3. The van der Waals surface area contributed by atoms with E-state index in [2.05, 4.69) is 4.74 Å². The van der Waals surface area contributed by atoms with Crippen molar-refractivity contribution in [3.63, 3.8) is 0 Å². The highest BCUT2D eigenvalue weighted by Gasteiger charge is 2.27. The molecule has 1 aromatic carbocycles. The fourth-order valence-electron chi connectivity index (χ4n) is 2.33. The van der Waals surface area contributed by atoms with Crippen LogP contribution in [0.4, 0.5) is 4.79 Å². The van der Waals surface area contributed by atoms with Crippen LogP contribution < -0.4 is 9.47 Å². The lowest BCUT2D eigenvalue weighted by Crippen LogP contribution is -2.20. The van der Waals surface area contributed by atoms with Gasteiger partial charge in [0.25, 0.3) is 6.29 Å². The number of hydrogen-bond acceptors (Lipinski definition) is 6. The fraction of sp³-hybridized carbons (Fsp3) is 0.312. The Morgan fingerprint density at radius 2 is 1.91 bits per heavy atom. The molecule has 1 aliphatic heterocycles. The lowest BCUT2D eigenvalue weighted by atomic mass is 10.0. The summed E-state index contributed by atoms with van der Waals surface area (Å²) >= 11 is 0. The molecule has 1 unspecified atom stereocenters. The van der Waals surface area contributed by atoms with Crippen LogP contribution in [0, 0.1) is 0 Å². The predicted molar refractivity (Wildman–Crippen MR) is 79.6 cm³/mol. The Kier molecular flexibility index (Phi) is 4.68. The number of carbonyl (C=O) groups excluding carboxylic acids is 2. The summed E-state index contributed by atoms with van der Waals surface area (Å²) in [4.78, 5) is 33.7. The van der Waals surface area contributed by atoms with E-state index in [-0.39, 0.29) is 23.6 Å². The number of allylic oxidation sites excluding steroid dienone is 1. The first kappa shape index (κ1) is 16.5. The van der Waals surface area contributed by atoms with E-state index in [4.69, 9.17) is 14.6 Å². The molecular weight excluding hydrogens is 304 g/mol. The van der Waals surface area contributed by atoms with E-state index in [1.807, 2.05) is 0 Å². The highest BCUT2D eigenvalue weighted by molar-refractivity contribution is 6.21. The largest absolute Gasteiger partial charge is 0.508 e. The molecule has 0 fully saturated rings. The Morgan fingerprint density at radius 1 is 1.26 bits per heavy atom. The Hall–Kier alpha value is -2.83. The van der Waals surface area contributed by atoms with Gasteiger partial charge < -0.3 is 19.3 Å². The SMILES string of the molecule is COc1cc2c(cc1C=C(C(C)=O)C(C)=O)CC(OC(=O)O)O2. The molecule has 1 heterocycles. The van der Waals surface area contributed by atoms with Crippen LogP contribution in [0.2, 0.25) is 0 Å². The van der Waals surface area contributed by atoms with Gasteiger partial charge in [-0.15, -0.1) is 0 Å². The van der Waals surface area contributed by atoms with Gasteiger partial charge in [-0.2, -0.15) is 0 Å². The minimum atomic E-state index is -1.43. The second-order valence-corrected chi connectivity index (χ2v) is 5.01. The Bertz CT molecular complexity index is 687. The summed E-state index contributed by atoms with van der Waals surface area (Å²) in [5, 5.41) is 8.64. The Balaban J connectivity index is 2.41. The number of Topliss-reactive ketones (excluding diaryl/α,β-unsaturated/α-hetero) is 2. The van der Waals surface area contributed by atoms with Gasteiger partial charge in [-0.3, -0.25) is 9.59 Å². The van der Waals surface area contributed by atoms with Gasteiger partial charge in [0.2, 0.25) is 0 Å². The third kappa shape index (κ3) is 3.68. The van der Waals surface area contributed by atoms with Gasteiger partial charge in [0.15, 0.2) is 11.6 Å². The monoisotopic (exact) mass is 320 g/mol. The first-order chi connectivity index (χ1) is 10.8. The number of fused-ring (bicyclic) bond motifs is 1.